The zero-order valence-corrected chi connectivity index (χ0v) is 14.7. The molecule has 2 rings (SSSR count). The van der Waals surface area contributed by atoms with Gasteiger partial charge in [-0.15, -0.1) is 0 Å². The van der Waals surface area contributed by atoms with Crippen LogP contribution in [0.1, 0.15) is 16.7 Å². The minimum absolute atomic E-state index is 0.147. The first-order valence-corrected chi connectivity index (χ1v) is 9.08. The SMILES string of the molecule is Cc1ccc(CN(C)S(=O)(=O)Cc2ccc(Cl)cc2Cl)cc1. The molecule has 0 spiro atoms. The zero-order valence-electron chi connectivity index (χ0n) is 12.4. The van der Waals surface area contributed by atoms with Gasteiger partial charge in [-0.25, -0.2) is 12.7 Å². The molecule has 0 aliphatic carbocycles. The van der Waals surface area contributed by atoms with Crippen molar-refractivity contribution in [1.82, 2.24) is 4.31 Å². The van der Waals surface area contributed by atoms with E-state index in [1.807, 2.05) is 31.2 Å². The van der Waals surface area contributed by atoms with Crippen LogP contribution in [0, 0.1) is 6.92 Å². The molecule has 0 N–H and O–H groups in total. The van der Waals surface area contributed by atoms with Crippen molar-refractivity contribution >= 4 is 33.2 Å². The van der Waals surface area contributed by atoms with E-state index in [-0.39, 0.29) is 5.75 Å². The Hall–Kier alpha value is -1.07. The molecule has 0 aliphatic heterocycles. The second kappa shape index (κ2) is 7.01. The maximum absolute atomic E-state index is 12.4. The predicted octanol–water partition coefficient (Wildman–Crippen LogP) is 4.26. The van der Waals surface area contributed by atoms with Crippen LogP contribution in [0.25, 0.3) is 0 Å². The van der Waals surface area contributed by atoms with Gasteiger partial charge in [0, 0.05) is 23.6 Å². The number of sulfonamides is 1. The fraction of sp³-hybridized carbons (Fsp3) is 0.250. The summed E-state index contributed by atoms with van der Waals surface area (Å²) in [6.07, 6.45) is 0. The first-order chi connectivity index (χ1) is 10.3. The van der Waals surface area contributed by atoms with Gasteiger partial charge >= 0.3 is 0 Å². The Bertz CT molecular complexity index is 758. The highest BCUT2D eigenvalue weighted by Crippen LogP contribution is 2.24. The summed E-state index contributed by atoms with van der Waals surface area (Å²) in [5, 5.41) is 0.846. The second-order valence-electron chi connectivity index (χ2n) is 5.23. The molecule has 3 nitrogen and oxygen atoms in total. The van der Waals surface area contributed by atoms with Crippen LogP contribution >= 0.6 is 23.2 Å². The Labute approximate surface area is 141 Å². The molecule has 2 aromatic carbocycles. The van der Waals surface area contributed by atoms with Gasteiger partial charge < -0.3 is 0 Å². The fourth-order valence-electron chi connectivity index (χ4n) is 1.99. The summed E-state index contributed by atoms with van der Waals surface area (Å²) in [6, 6.07) is 12.6. The first kappa shape index (κ1) is 17.3. The van der Waals surface area contributed by atoms with E-state index in [4.69, 9.17) is 23.2 Å². The smallest absolute Gasteiger partial charge is 0.212 e. The van der Waals surface area contributed by atoms with Crippen molar-refractivity contribution in [2.45, 2.75) is 19.2 Å². The van der Waals surface area contributed by atoms with E-state index in [0.29, 0.717) is 22.2 Å². The summed E-state index contributed by atoms with van der Waals surface area (Å²) in [4.78, 5) is 0. The highest BCUT2D eigenvalue weighted by atomic mass is 35.5. The van der Waals surface area contributed by atoms with Crippen LogP contribution in [0.5, 0.6) is 0 Å². The summed E-state index contributed by atoms with van der Waals surface area (Å²) in [6.45, 7) is 2.32. The summed E-state index contributed by atoms with van der Waals surface area (Å²) in [7, 11) is -1.88. The van der Waals surface area contributed by atoms with Crippen LogP contribution in [0.3, 0.4) is 0 Å². The maximum atomic E-state index is 12.4. The highest BCUT2D eigenvalue weighted by Gasteiger charge is 2.20. The molecule has 0 atom stereocenters. The molecule has 0 saturated carbocycles. The van der Waals surface area contributed by atoms with Gasteiger partial charge in [-0.05, 0) is 30.2 Å². The lowest BCUT2D eigenvalue weighted by atomic mass is 10.1. The van der Waals surface area contributed by atoms with Gasteiger partial charge in [-0.3, -0.25) is 0 Å². The number of hydrogen-bond donors (Lipinski definition) is 0. The van der Waals surface area contributed by atoms with E-state index in [0.717, 1.165) is 11.1 Å². The molecule has 6 heteroatoms. The van der Waals surface area contributed by atoms with E-state index in [1.165, 1.54) is 4.31 Å². The van der Waals surface area contributed by atoms with Crippen molar-refractivity contribution in [3.63, 3.8) is 0 Å². The van der Waals surface area contributed by atoms with Crippen LogP contribution in [-0.4, -0.2) is 19.8 Å². The average Bonchev–Trinajstić information content (AvgIpc) is 2.44. The molecule has 0 amide bonds. The van der Waals surface area contributed by atoms with Gasteiger partial charge in [0.2, 0.25) is 10.0 Å². The Morgan fingerprint density at radius 3 is 2.27 bits per heavy atom. The minimum Gasteiger partial charge on any atom is -0.212 e. The van der Waals surface area contributed by atoms with E-state index >= 15 is 0 Å². The van der Waals surface area contributed by atoms with Gasteiger partial charge in [-0.2, -0.15) is 0 Å². The third-order valence-electron chi connectivity index (χ3n) is 3.35. The largest absolute Gasteiger partial charge is 0.218 e. The minimum atomic E-state index is -3.45. The highest BCUT2D eigenvalue weighted by molar-refractivity contribution is 7.88. The van der Waals surface area contributed by atoms with Crippen LogP contribution in [0.4, 0.5) is 0 Å². The molecule has 0 heterocycles. The van der Waals surface area contributed by atoms with Gasteiger partial charge in [0.05, 0.1) is 5.75 Å². The molecular formula is C16H17Cl2NO2S. The van der Waals surface area contributed by atoms with Crippen LogP contribution in [0.2, 0.25) is 10.0 Å². The van der Waals surface area contributed by atoms with Crippen LogP contribution < -0.4 is 0 Å². The lowest BCUT2D eigenvalue weighted by molar-refractivity contribution is 0.466. The summed E-state index contributed by atoms with van der Waals surface area (Å²) >= 11 is 11.9. The predicted molar refractivity (Wildman–Crippen MR) is 91.7 cm³/mol. The standard InChI is InChI=1S/C16H17Cl2NO2S/c1-12-3-5-13(6-4-12)10-19(2)22(20,21)11-14-7-8-15(17)9-16(14)18/h3-9H,10-11H2,1-2H3. The number of benzene rings is 2. The summed E-state index contributed by atoms with van der Waals surface area (Å²) < 4.78 is 26.2. The maximum Gasteiger partial charge on any atom is 0.218 e. The van der Waals surface area contributed by atoms with Crippen molar-refractivity contribution in [1.29, 1.82) is 0 Å². The topological polar surface area (TPSA) is 37.4 Å². The van der Waals surface area contributed by atoms with Gasteiger partial charge in [0.1, 0.15) is 0 Å². The quantitative estimate of drug-likeness (QED) is 0.801. The molecular weight excluding hydrogens is 341 g/mol. The van der Waals surface area contributed by atoms with Gasteiger partial charge in [0.15, 0.2) is 0 Å². The Kier molecular flexibility index (Phi) is 5.50. The third-order valence-corrected chi connectivity index (χ3v) is 5.70. The van der Waals surface area contributed by atoms with Gasteiger partial charge in [0.25, 0.3) is 0 Å². The number of rotatable bonds is 5. The van der Waals surface area contributed by atoms with E-state index in [1.54, 1.807) is 25.2 Å². The lowest BCUT2D eigenvalue weighted by Crippen LogP contribution is -2.27. The molecule has 2 aromatic rings. The molecule has 0 saturated heterocycles. The third kappa shape index (κ3) is 4.46. The van der Waals surface area contributed by atoms with E-state index < -0.39 is 10.0 Å². The van der Waals surface area contributed by atoms with Crippen molar-refractivity contribution < 1.29 is 8.42 Å². The summed E-state index contributed by atoms with van der Waals surface area (Å²) in [5.41, 5.74) is 2.63. The van der Waals surface area contributed by atoms with E-state index in [9.17, 15) is 8.42 Å². The summed E-state index contributed by atoms with van der Waals surface area (Å²) in [5.74, 6) is -0.147. The molecule has 118 valence electrons. The van der Waals surface area contributed by atoms with Crippen molar-refractivity contribution in [2.75, 3.05) is 7.05 Å². The molecule has 0 unspecified atom stereocenters. The Morgan fingerprint density at radius 2 is 1.68 bits per heavy atom. The van der Waals surface area contributed by atoms with E-state index in [2.05, 4.69) is 0 Å². The molecule has 0 aromatic heterocycles. The molecule has 22 heavy (non-hydrogen) atoms. The van der Waals surface area contributed by atoms with Gasteiger partial charge in [-0.1, -0.05) is 59.1 Å². The monoisotopic (exact) mass is 357 g/mol. The first-order valence-electron chi connectivity index (χ1n) is 6.71. The second-order valence-corrected chi connectivity index (χ2v) is 8.15. The van der Waals surface area contributed by atoms with Crippen LogP contribution in [-0.2, 0) is 22.3 Å². The van der Waals surface area contributed by atoms with Crippen LogP contribution in [0.15, 0.2) is 42.5 Å². The Morgan fingerprint density at radius 1 is 1.05 bits per heavy atom. The van der Waals surface area contributed by atoms with Crippen molar-refractivity contribution in [3.8, 4) is 0 Å². The lowest BCUT2D eigenvalue weighted by Gasteiger charge is -2.18. The molecule has 0 aliphatic rings. The average molecular weight is 358 g/mol. The van der Waals surface area contributed by atoms with Crippen molar-refractivity contribution in [2.24, 2.45) is 0 Å². The number of hydrogen-bond acceptors (Lipinski definition) is 2. The number of aryl methyl sites for hydroxylation is 1. The number of nitrogens with zero attached hydrogens (tertiary/aromatic N) is 1. The molecule has 0 fully saturated rings. The van der Waals surface area contributed by atoms with Crippen molar-refractivity contribution in [3.05, 3.63) is 69.2 Å². The number of halogens is 2. The zero-order chi connectivity index (χ0) is 16.3. The fourth-order valence-corrected chi connectivity index (χ4v) is 3.76. The molecule has 0 radical (unpaired) electrons. The normalized spacial score (nSPS) is 11.9. The Balaban J connectivity index is 2.13. The molecule has 0 bridgehead atoms.